The number of rotatable bonds is 2. The van der Waals surface area contributed by atoms with Crippen LogP contribution in [0.1, 0.15) is 28.9 Å². The van der Waals surface area contributed by atoms with E-state index in [4.69, 9.17) is 5.73 Å². The smallest absolute Gasteiger partial charge is 0.257 e. The molecule has 94 valence electrons. The van der Waals surface area contributed by atoms with Gasteiger partial charge in [0.05, 0.1) is 11.3 Å². The molecule has 0 atom stereocenters. The van der Waals surface area contributed by atoms with Gasteiger partial charge in [-0.3, -0.25) is 9.48 Å². The molecule has 2 N–H and O–H groups in total. The number of nitrogens with two attached hydrogens (primary N) is 1. The molecule has 0 bridgehead atoms. The topological polar surface area (TPSA) is 64.2 Å². The highest BCUT2D eigenvalue weighted by Crippen LogP contribution is 2.18. The highest BCUT2D eigenvalue weighted by Gasteiger charge is 2.24. The number of amides is 1. The lowest BCUT2D eigenvalue weighted by Crippen LogP contribution is -2.40. The Morgan fingerprint density at radius 2 is 2.18 bits per heavy atom. The van der Waals surface area contributed by atoms with Gasteiger partial charge in [0.15, 0.2) is 0 Å². The molecule has 0 spiro atoms. The first-order chi connectivity index (χ1) is 8.11. The molecule has 1 amide bonds. The first-order valence-corrected chi connectivity index (χ1v) is 6.11. The van der Waals surface area contributed by atoms with Crippen molar-refractivity contribution in [3.63, 3.8) is 0 Å². The zero-order chi connectivity index (χ0) is 12.4. The fourth-order valence-electron chi connectivity index (χ4n) is 2.35. The number of likely N-dealkylation sites (tertiary alicyclic amines) is 1. The Morgan fingerprint density at radius 3 is 2.65 bits per heavy atom. The van der Waals surface area contributed by atoms with Gasteiger partial charge in [-0.15, -0.1) is 0 Å². The van der Waals surface area contributed by atoms with Crippen molar-refractivity contribution in [3.8, 4) is 0 Å². The molecule has 0 saturated carbocycles. The number of nitrogens with zero attached hydrogens (tertiary/aromatic N) is 3. The molecule has 2 rings (SSSR count). The van der Waals surface area contributed by atoms with Gasteiger partial charge in [-0.25, -0.2) is 0 Å². The summed E-state index contributed by atoms with van der Waals surface area (Å²) in [7, 11) is 1.84. The maximum atomic E-state index is 12.3. The van der Waals surface area contributed by atoms with Gasteiger partial charge in [-0.05, 0) is 32.2 Å². The van der Waals surface area contributed by atoms with Gasteiger partial charge in [0.2, 0.25) is 0 Å². The number of piperidine rings is 1. The summed E-state index contributed by atoms with van der Waals surface area (Å²) in [4.78, 5) is 14.2. The quantitative estimate of drug-likeness (QED) is 0.815. The zero-order valence-corrected chi connectivity index (χ0v) is 10.5. The fraction of sp³-hybridized carbons (Fsp3) is 0.667. The Bertz CT molecular complexity index is 405. The molecular weight excluding hydrogens is 216 g/mol. The minimum absolute atomic E-state index is 0.103. The van der Waals surface area contributed by atoms with Crippen molar-refractivity contribution in [2.75, 3.05) is 19.6 Å². The van der Waals surface area contributed by atoms with Crippen molar-refractivity contribution in [2.24, 2.45) is 18.7 Å². The summed E-state index contributed by atoms with van der Waals surface area (Å²) < 4.78 is 1.69. The molecule has 0 aromatic carbocycles. The minimum atomic E-state index is 0.103. The van der Waals surface area contributed by atoms with E-state index in [2.05, 4.69) is 5.10 Å². The Labute approximate surface area is 102 Å². The molecule has 1 fully saturated rings. The largest absolute Gasteiger partial charge is 0.339 e. The van der Waals surface area contributed by atoms with Crippen LogP contribution in [0.3, 0.4) is 0 Å². The predicted molar refractivity (Wildman–Crippen MR) is 65.6 cm³/mol. The normalized spacial score (nSPS) is 17.5. The van der Waals surface area contributed by atoms with Crippen LogP contribution in [-0.4, -0.2) is 40.2 Å². The lowest BCUT2D eigenvalue weighted by atomic mass is 9.97. The maximum absolute atomic E-state index is 12.3. The van der Waals surface area contributed by atoms with Crippen LogP contribution >= 0.6 is 0 Å². The van der Waals surface area contributed by atoms with Crippen LogP contribution in [0.2, 0.25) is 0 Å². The van der Waals surface area contributed by atoms with Crippen molar-refractivity contribution >= 4 is 5.91 Å². The Morgan fingerprint density at radius 1 is 1.53 bits per heavy atom. The van der Waals surface area contributed by atoms with Gasteiger partial charge in [-0.1, -0.05) is 0 Å². The van der Waals surface area contributed by atoms with Crippen molar-refractivity contribution in [1.82, 2.24) is 14.7 Å². The standard InChI is InChI=1S/C12H20N4O/c1-9-11(8-15(2)14-9)12(17)16-5-3-10(7-13)4-6-16/h8,10H,3-7,13H2,1-2H3. The van der Waals surface area contributed by atoms with Gasteiger partial charge in [-0.2, -0.15) is 5.10 Å². The molecule has 0 unspecified atom stereocenters. The van der Waals surface area contributed by atoms with E-state index in [-0.39, 0.29) is 5.91 Å². The summed E-state index contributed by atoms with van der Waals surface area (Å²) >= 11 is 0. The monoisotopic (exact) mass is 236 g/mol. The van der Waals surface area contributed by atoms with Gasteiger partial charge >= 0.3 is 0 Å². The lowest BCUT2D eigenvalue weighted by Gasteiger charge is -2.31. The molecule has 0 aliphatic carbocycles. The summed E-state index contributed by atoms with van der Waals surface area (Å²) in [5.74, 6) is 0.681. The van der Waals surface area contributed by atoms with Crippen LogP contribution in [0.15, 0.2) is 6.20 Å². The number of hydrogen-bond donors (Lipinski definition) is 1. The third-order valence-corrected chi connectivity index (χ3v) is 3.48. The lowest BCUT2D eigenvalue weighted by molar-refractivity contribution is 0.0692. The summed E-state index contributed by atoms with van der Waals surface area (Å²) in [6.07, 6.45) is 3.83. The second-order valence-electron chi connectivity index (χ2n) is 4.77. The van der Waals surface area contributed by atoms with Gasteiger partial charge in [0, 0.05) is 26.3 Å². The molecule has 2 heterocycles. The van der Waals surface area contributed by atoms with E-state index in [1.165, 1.54) is 0 Å². The summed E-state index contributed by atoms with van der Waals surface area (Å²) in [6.45, 7) is 4.23. The molecule has 1 aromatic rings. The Kier molecular flexibility index (Phi) is 3.47. The van der Waals surface area contributed by atoms with Crippen molar-refractivity contribution in [2.45, 2.75) is 19.8 Å². The maximum Gasteiger partial charge on any atom is 0.257 e. The molecule has 1 aliphatic heterocycles. The minimum Gasteiger partial charge on any atom is -0.339 e. The average molecular weight is 236 g/mol. The van der Waals surface area contributed by atoms with Gasteiger partial charge in [0.1, 0.15) is 0 Å². The van der Waals surface area contributed by atoms with Gasteiger partial charge < -0.3 is 10.6 Å². The SMILES string of the molecule is Cc1nn(C)cc1C(=O)N1CCC(CN)CC1. The van der Waals surface area contributed by atoms with Crippen molar-refractivity contribution in [1.29, 1.82) is 0 Å². The molecule has 1 aromatic heterocycles. The Hall–Kier alpha value is -1.36. The third-order valence-electron chi connectivity index (χ3n) is 3.48. The highest BCUT2D eigenvalue weighted by molar-refractivity contribution is 5.95. The summed E-state index contributed by atoms with van der Waals surface area (Å²) in [5, 5.41) is 4.21. The van der Waals surface area contributed by atoms with E-state index < -0.39 is 0 Å². The molecule has 0 radical (unpaired) electrons. The average Bonchev–Trinajstić information content (AvgIpc) is 2.68. The molecule has 5 heteroatoms. The van der Waals surface area contributed by atoms with Crippen molar-refractivity contribution < 1.29 is 4.79 Å². The molecule has 5 nitrogen and oxygen atoms in total. The van der Waals surface area contributed by atoms with E-state index in [9.17, 15) is 4.79 Å². The van der Waals surface area contributed by atoms with Crippen LogP contribution in [0.4, 0.5) is 0 Å². The van der Waals surface area contributed by atoms with Crippen LogP contribution in [0, 0.1) is 12.8 Å². The summed E-state index contributed by atoms with van der Waals surface area (Å²) in [6, 6.07) is 0. The fourth-order valence-corrected chi connectivity index (χ4v) is 2.35. The molecule has 1 saturated heterocycles. The van der Waals surface area contributed by atoms with Crippen LogP contribution in [-0.2, 0) is 7.05 Å². The second-order valence-corrected chi connectivity index (χ2v) is 4.77. The Balaban J connectivity index is 2.04. The highest BCUT2D eigenvalue weighted by atomic mass is 16.2. The molecule has 1 aliphatic rings. The van der Waals surface area contributed by atoms with Crippen LogP contribution < -0.4 is 5.73 Å². The number of carbonyl (C=O) groups is 1. The predicted octanol–water partition coefficient (Wildman–Crippen LogP) is 0.539. The van der Waals surface area contributed by atoms with Crippen LogP contribution in [0.25, 0.3) is 0 Å². The first-order valence-electron chi connectivity index (χ1n) is 6.11. The van der Waals surface area contributed by atoms with Gasteiger partial charge in [0.25, 0.3) is 5.91 Å². The third kappa shape index (κ3) is 2.49. The van der Waals surface area contributed by atoms with Crippen molar-refractivity contribution in [3.05, 3.63) is 17.5 Å². The summed E-state index contributed by atoms with van der Waals surface area (Å²) in [5.41, 5.74) is 7.17. The molecule has 17 heavy (non-hydrogen) atoms. The number of hydrogen-bond acceptors (Lipinski definition) is 3. The number of carbonyl (C=O) groups excluding carboxylic acids is 1. The first kappa shape index (κ1) is 12.1. The van der Waals surface area contributed by atoms with Crippen LogP contribution in [0.5, 0.6) is 0 Å². The molecular formula is C12H20N4O. The number of aryl methyl sites for hydroxylation is 2. The van der Waals surface area contributed by atoms with E-state index in [1.54, 1.807) is 10.9 Å². The van der Waals surface area contributed by atoms with E-state index in [1.807, 2.05) is 18.9 Å². The van der Waals surface area contributed by atoms with E-state index in [0.717, 1.165) is 43.7 Å². The van der Waals surface area contributed by atoms with E-state index in [0.29, 0.717) is 5.92 Å². The zero-order valence-electron chi connectivity index (χ0n) is 10.5. The van der Waals surface area contributed by atoms with E-state index >= 15 is 0 Å². The second kappa shape index (κ2) is 4.87. The number of aromatic nitrogens is 2.